The summed E-state index contributed by atoms with van der Waals surface area (Å²) in [5.41, 5.74) is 1.82. The van der Waals surface area contributed by atoms with Crippen LogP contribution in [0.5, 0.6) is 5.75 Å². The van der Waals surface area contributed by atoms with Crippen LogP contribution in [0, 0.1) is 12.7 Å². The summed E-state index contributed by atoms with van der Waals surface area (Å²) in [7, 11) is 1.57. The number of carbonyl (C=O) groups is 1. The Bertz CT molecular complexity index is 1040. The van der Waals surface area contributed by atoms with Crippen LogP contribution < -0.4 is 10.1 Å². The summed E-state index contributed by atoms with van der Waals surface area (Å²) in [4.78, 5) is 12.7. The molecule has 28 heavy (non-hydrogen) atoms. The molecule has 3 aromatic rings. The highest BCUT2D eigenvalue weighted by molar-refractivity contribution is 6.35. The van der Waals surface area contributed by atoms with Crippen molar-refractivity contribution >= 4 is 29.1 Å². The summed E-state index contributed by atoms with van der Waals surface area (Å²) >= 11 is 11.8. The van der Waals surface area contributed by atoms with Crippen LogP contribution in [0.3, 0.4) is 0 Å². The molecule has 0 radical (unpaired) electrons. The van der Waals surface area contributed by atoms with Gasteiger partial charge in [-0.15, -0.1) is 5.10 Å². The van der Waals surface area contributed by atoms with Gasteiger partial charge in [0, 0.05) is 11.1 Å². The maximum absolute atomic E-state index is 13.8. The number of nitrogens with zero attached hydrogens (tertiary/aromatic N) is 3. The van der Waals surface area contributed by atoms with Crippen molar-refractivity contribution in [1.29, 1.82) is 0 Å². The second-order valence-corrected chi connectivity index (χ2v) is 6.93. The lowest BCUT2D eigenvalue weighted by atomic mass is 10.1. The number of benzene rings is 2. The molecule has 0 spiro atoms. The molecule has 1 aromatic heterocycles. The number of ether oxygens (including phenoxy) is 1. The second-order valence-electron chi connectivity index (χ2n) is 6.12. The number of methoxy groups -OCH3 is 1. The van der Waals surface area contributed by atoms with Crippen molar-refractivity contribution < 1.29 is 13.9 Å². The molecule has 6 nitrogen and oxygen atoms in total. The number of aromatic nitrogens is 3. The maximum atomic E-state index is 13.8. The number of rotatable bonds is 5. The van der Waals surface area contributed by atoms with Crippen molar-refractivity contribution in [1.82, 2.24) is 20.3 Å². The molecular formula is C19H17Cl2FN4O2. The maximum Gasteiger partial charge on any atom is 0.274 e. The van der Waals surface area contributed by atoms with Crippen LogP contribution in [-0.4, -0.2) is 28.0 Å². The first-order valence-corrected chi connectivity index (χ1v) is 9.09. The van der Waals surface area contributed by atoms with Crippen LogP contribution in [-0.2, 0) is 0 Å². The Morgan fingerprint density at radius 2 is 2.00 bits per heavy atom. The number of halogens is 3. The van der Waals surface area contributed by atoms with E-state index >= 15 is 0 Å². The molecule has 1 unspecified atom stereocenters. The van der Waals surface area contributed by atoms with Gasteiger partial charge in [-0.25, -0.2) is 9.07 Å². The SMILES string of the molecule is COc1cccc(-n2nnc(C(=O)NC(C)c3cc(F)c(Cl)cc3Cl)c2C)c1. The smallest absolute Gasteiger partial charge is 0.274 e. The first kappa shape index (κ1) is 20.1. The third-order valence-electron chi connectivity index (χ3n) is 4.26. The number of hydrogen-bond acceptors (Lipinski definition) is 4. The molecular weight excluding hydrogens is 406 g/mol. The van der Waals surface area contributed by atoms with Crippen LogP contribution in [0.4, 0.5) is 4.39 Å². The van der Waals surface area contributed by atoms with Crippen LogP contribution in [0.15, 0.2) is 36.4 Å². The molecule has 2 aromatic carbocycles. The summed E-state index contributed by atoms with van der Waals surface area (Å²) in [6.45, 7) is 3.42. The van der Waals surface area contributed by atoms with Crippen LogP contribution >= 0.6 is 23.2 Å². The normalized spacial score (nSPS) is 11.9. The molecule has 0 fully saturated rings. The molecule has 3 rings (SSSR count). The van der Waals surface area contributed by atoms with E-state index in [0.717, 1.165) is 0 Å². The third-order valence-corrected chi connectivity index (χ3v) is 4.88. The molecule has 1 atom stereocenters. The minimum absolute atomic E-state index is 0.0793. The van der Waals surface area contributed by atoms with Gasteiger partial charge < -0.3 is 10.1 Å². The first-order valence-electron chi connectivity index (χ1n) is 8.34. The van der Waals surface area contributed by atoms with E-state index in [9.17, 15) is 9.18 Å². The lowest BCUT2D eigenvalue weighted by Gasteiger charge is -2.16. The Hall–Kier alpha value is -2.64. The largest absolute Gasteiger partial charge is 0.497 e. The molecule has 0 saturated heterocycles. The summed E-state index contributed by atoms with van der Waals surface area (Å²) in [5.74, 6) is -0.403. The molecule has 9 heteroatoms. The van der Waals surface area contributed by atoms with Gasteiger partial charge in [0.1, 0.15) is 11.6 Å². The fourth-order valence-corrected chi connectivity index (χ4v) is 3.29. The highest BCUT2D eigenvalue weighted by Crippen LogP contribution is 2.29. The zero-order valence-corrected chi connectivity index (χ0v) is 16.8. The number of nitrogens with one attached hydrogen (secondary N) is 1. The summed E-state index contributed by atoms with van der Waals surface area (Å²) < 4.78 is 20.5. The monoisotopic (exact) mass is 422 g/mol. The lowest BCUT2D eigenvalue weighted by Crippen LogP contribution is -2.28. The number of amides is 1. The molecule has 0 bridgehead atoms. The molecule has 0 aliphatic carbocycles. The van der Waals surface area contributed by atoms with Gasteiger partial charge in [-0.3, -0.25) is 4.79 Å². The predicted molar refractivity (Wildman–Crippen MR) is 105 cm³/mol. The zero-order valence-electron chi connectivity index (χ0n) is 15.3. The molecule has 0 aliphatic rings. The molecule has 146 valence electrons. The third kappa shape index (κ3) is 3.95. The highest BCUT2D eigenvalue weighted by atomic mass is 35.5. The minimum atomic E-state index is -0.609. The van der Waals surface area contributed by atoms with Crippen molar-refractivity contribution in [3.05, 3.63) is 69.2 Å². The van der Waals surface area contributed by atoms with Gasteiger partial charge in [0.15, 0.2) is 5.69 Å². The average molecular weight is 423 g/mol. The number of carbonyl (C=O) groups excluding carboxylic acids is 1. The van der Waals surface area contributed by atoms with Crippen LogP contribution in [0.1, 0.15) is 34.7 Å². The second kappa shape index (κ2) is 8.16. The molecule has 0 aliphatic heterocycles. The van der Waals surface area contributed by atoms with Crippen LogP contribution in [0.2, 0.25) is 10.0 Å². The molecule has 0 saturated carbocycles. The Morgan fingerprint density at radius 1 is 1.25 bits per heavy atom. The van der Waals surface area contributed by atoms with E-state index in [-0.39, 0.29) is 15.7 Å². The van der Waals surface area contributed by atoms with Crippen molar-refractivity contribution in [2.24, 2.45) is 0 Å². The van der Waals surface area contributed by atoms with E-state index in [2.05, 4.69) is 15.6 Å². The Balaban J connectivity index is 1.84. The van der Waals surface area contributed by atoms with Gasteiger partial charge in [-0.2, -0.15) is 0 Å². The summed E-state index contributed by atoms with van der Waals surface area (Å²) in [6, 6.07) is 9.17. The van der Waals surface area contributed by atoms with Gasteiger partial charge >= 0.3 is 0 Å². The summed E-state index contributed by atoms with van der Waals surface area (Å²) in [5, 5.41) is 11.0. The number of hydrogen-bond donors (Lipinski definition) is 1. The summed E-state index contributed by atoms with van der Waals surface area (Å²) in [6.07, 6.45) is 0. The standard InChI is InChI=1S/C19H17Cl2FN4O2/c1-10(14-8-17(22)16(21)9-15(14)20)23-19(27)18-11(2)26(25-24-18)12-5-4-6-13(7-12)28-3/h4-10H,1-3H3,(H,23,27). The minimum Gasteiger partial charge on any atom is -0.497 e. The molecule has 1 heterocycles. The lowest BCUT2D eigenvalue weighted by molar-refractivity contribution is 0.0934. The molecule has 1 N–H and O–H groups in total. The zero-order chi connectivity index (χ0) is 20.4. The quantitative estimate of drug-likeness (QED) is 0.613. The van der Waals surface area contributed by atoms with E-state index < -0.39 is 17.8 Å². The van der Waals surface area contributed by atoms with Gasteiger partial charge in [-0.1, -0.05) is 34.5 Å². The van der Waals surface area contributed by atoms with Crippen LogP contribution in [0.25, 0.3) is 5.69 Å². The first-order chi connectivity index (χ1) is 13.3. The van der Waals surface area contributed by atoms with E-state index in [1.165, 1.54) is 16.8 Å². The fraction of sp³-hybridized carbons (Fsp3) is 0.211. The highest BCUT2D eigenvalue weighted by Gasteiger charge is 2.21. The van der Waals surface area contributed by atoms with Gasteiger partial charge in [0.05, 0.1) is 29.6 Å². The van der Waals surface area contributed by atoms with Gasteiger partial charge in [0.2, 0.25) is 0 Å². The van der Waals surface area contributed by atoms with Crippen molar-refractivity contribution in [3.63, 3.8) is 0 Å². The van der Waals surface area contributed by atoms with E-state index in [1.54, 1.807) is 33.1 Å². The topological polar surface area (TPSA) is 69.0 Å². The average Bonchev–Trinajstić information content (AvgIpc) is 3.06. The Labute approximate surface area is 171 Å². The van der Waals surface area contributed by atoms with Gasteiger partial charge in [0.25, 0.3) is 5.91 Å². The fourth-order valence-electron chi connectivity index (χ4n) is 2.74. The predicted octanol–water partition coefficient (Wildman–Crippen LogP) is 4.52. The Morgan fingerprint density at radius 3 is 2.71 bits per heavy atom. The van der Waals surface area contributed by atoms with Gasteiger partial charge in [-0.05, 0) is 43.7 Å². The Kier molecular flexibility index (Phi) is 5.86. The van der Waals surface area contributed by atoms with E-state index in [4.69, 9.17) is 27.9 Å². The van der Waals surface area contributed by atoms with Crippen molar-refractivity contribution in [2.75, 3.05) is 7.11 Å². The van der Waals surface area contributed by atoms with Crippen molar-refractivity contribution in [3.8, 4) is 11.4 Å². The molecule has 1 amide bonds. The van der Waals surface area contributed by atoms with E-state index in [1.807, 2.05) is 12.1 Å². The van der Waals surface area contributed by atoms with Crippen molar-refractivity contribution in [2.45, 2.75) is 19.9 Å². The van der Waals surface area contributed by atoms with E-state index in [0.29, 0.717) is 22.7 Å².